The van der Waals surface area contributed by atoms with Crippen molar-refractivity contribution in [2.24, 2.45) is 0 Å². The Kier molecular flexibility index (Phi) is 7.73. The second kappa shape index (κ2) is 15.4. The van der Waals surface area contributed by atoms with Crippen molar-refractivity contribution in [1.82, 2.24) is 34.5 Å². The fourth-order valence-corrected chi connectivity index (χ4v) is 7.81. The van der Waals surface area contributed by atoms with E-state index in [1.807, 2.05) is 140 Å². The van der Waals surface area contributed by atoms with Crippen LogP contribution >= 0.6 is 0 Å². The molecular weight excluding hydrogens is 747 g/mol. The van der Waals surface area contributed by atoms with Gasteiger partial charge in [-0.3, -0.25) is 0 Å². The van der Waals surface area contributed by atoms with Gasteiger partial charge >= 0.3 is 0 Å². The van der Waals surface area contributed by atoms with Crippen molar-refractivity contribution < 1.29 is 6.85 Å². The molecular formula is C54H35N7. The summed E-state index contributed by atoms with van der Waals surface area (Å²) in [6.45, 7) is 0. The minimum Gasteiger partial charge on any atom is -0.309 e. The molecule has 286 valence electrons. The Labute approximate surface area is 359 Å². The maximum Gasteiger partial charge on any atom is 0.166 e. The lowest BCUT2D eigenvalue weighted by molar-refractivity contribution is 1.06. The van der Waals surface area contributed by atoms with E-state index in [2.05, 4.69) is 47.0 Å². The summed E-state index contributed by atoms with van der Waals surface area (Å²) in [5.41, 5.74) is 7.96. The molecule has 11 aromatic rings. The average molecular weight is 787 g/mol. The van der Waals surface area contributed by atoms with Crippen LogP contribution in [0.25, 0.3) is 107 Å². The second-order valence-corrected chi connectivity index (χ2v) is 14.4. The summed E-state index contributed by atoms with van der Waals surface area (Å²) < 4.78 is 45.5. The molecule has 0 aliphatic carbocycles. The molecule has 3 heterocycles. The van der Waals surface area contributed by atoms with Gasteiger partial charge in [0, 0.05) is 44.2 Å². The molecule has 0 radical (unpaired) electrons. The van der Waals surface area contributed by atoms with Crippen molar-refractivity contribution in [2.75, 3.05) is 0 Å². The Morgan fingerprint density at radius 2 is 0.738 bits per heavy atom. The SMILES string of the molecule is [2H]c1c([2H])c([2H])c(-c2nc(-c3ccccc3)nc(-c3cc(-c4nc(-c5ccccc5)nc(-c5ccccc5-c5ccccc5)n4)ccc3-n3c4ccccc4c4ccccc43)n2)c([2H])c1[2H]. The molecule has 0 saturated carbocycles. The van der Waals surface area contributed by atoms with Crippen LogP contribution in [0.2, 0.25) is 0 Å². The summed E-state index contributed by atoms with van der Waals surface area (Å²) in [6, 6.07) is 57.3. The predicted octanol–water partition coefficient (Wildman–Crippen LogP) is 12.8. The van der Waals surface area contributed by atoms with Crippen LogP contribution < -0.4 is 0 Å². The van der Waals surface area contributed by atoms with Crippen molar-refractivity contribution >= 4 is 21.8 Å². The molecule has 0 amide bonds. The van der Waals surface area contributed by atoms with Crippen LogP contribution in [0.4, 0.5) is 0 Å². The number of rotatable bonds is 8. The molecule has 7 heteroatoms. The molecule has 8 aromatic carbocycles. The van der Waals surface area contributed by atoms with Gasteiger partial charge in [-0.15, -0.1) is 0 Å². The van der Waals surface area contributed by atoms with Crippen molar-refractivity contribution in [3.63, 3.8) is 0 Å². The van der Waals surface area contributed by atoms with Gasteiger partial charge in [0.1, 0.15) is 0 Å². The summed E-state index contributed by atoms with van der Waals surface area (Å²) in [5, 5.41) is 2.10. The van der Waals surface area contributed by atoms with Gasteiger partial charge in [0.25, 0.3) is 0 Å². The van der Waals surface area contributed by atoms with Crippen LogP contribution in [0, 0.1) is 0 Å². The van der Waals surface area contributed by atoms with Gasteiger partial charge in [0.05, 0.1) is 23.6 Å². The highest BCUT2D eigenvalue weighted by atomic mass is 15.1. The van der Waals surface area contributed by atoms with E-state index < -0.39 is 30.2 Å². The van der Waals surface area contributed by atoms with Crippen LogP contribution in [-0.2, 0) is 0 Å². The molecule has 7 nitrogen and oxygen atoms in total. The fourth-order valence-electron chi connectivity index (χ4n) is 7.81. The number of hydrogen-bond acceptors (Lipinski definition) is 6. The first kappa shape index (κ1) is 30.6. The molecule has 61 heavy (non-hydrogen) atoms. The van der Waals surface area contributed by atoms with E-state index in [4.69, 9.17) is 36.8 Å². The minimum absolute atomic E-state index is 0.0687. The lowest BCUT2D eigenvalue weighted by Gasteiger charge is -2.16. The molecule has 0 aliphatic rings. The maximum atomic E-state index is 8.96. The molecule has 0 spiro atoms. The van der Waals surface area contributed by atoms with E-state index in [1.165, 1.54) is 0 Å². The topological polar surface area (TPSA) is 82.3 Å². The number of para-hydroxylation sites is 2. The Bertz CT molecular complexity index is 3580. The zero-order valence-electron chi connectivity index (χ0n) is 37.5. The molecule has 0 aliphatic heterocycles. The highest BCUT2D eigenvalue weighted by molar-refractivity contribution is 6.09. The van der Waals surface area contributed by atoms with E-state index in [0.717, 1.165) is 49.7 Å². The summed E-state index contributed by atoms with van der Waals surface area (Å²) in [7, 11) is 0. The fraction of sp³-hybridized carbons (Fsp3) is 0. The number of nitrogens with zero attached hydrogens (tertiary/aromatic N) is 7. The Morgan fingerprint density at radius 1 is 0.311 bits per heavy atom. The smallest absolute Gasteiger partial charge is 0.166 e. The minimum atomic E-state index is -0.509. The highest BCUT2D eigenvalue weighted by Gasteiger charge is 2.22. The van der Waals surface area contributed by atoms with E-state index in [0.29, 0.717) is 34.2 Å². The number of hydrogen-bond donors (Lipinski definition) is 0. The molecule has 0 atom stereocenters. The molecule has 0 bridgehead atoms. The third-order valence-electron chi connectivity index (χ3n) is 10.6. The lowest BCUT2D eigenvalue weighted by atomic mass is 9.99. The normalized spacial score (nSPS) is 12.4. The van der Waals surface area contributed by atoms with Gasteiger partial charge < -0.3 is 4.57 Å². The van der Waals surface area contributed by atoms with Crippen LogP contribution in [0.15, 0.2) is 212 Å². The van der Waals surface area contributed by atoms with E-state index >= 15 is 0 Å². The van der Waals surface area contributed by atoms with Gasteiger partial charge in [0.2, 0.25) is 0 Å². The quantitative estimate of drug-likeness (QED) is 0.153. The first-order valence-corrected chi connectivity index (χ1v) is 19.8. The van der Waals surface area contributed by atoms with Gasteiger partial charge in [0.15, 0.2) is 34.9 Å². The summed E-state index contributed by atoms with van der Waals surface area (Å²) >= 11 is 0. The van der Waals surface area contributed by atoms with Gasteiger partial charge in [-0.05, 0) is 41.5 Å². The van der Waals surface area contributed by atoms with Crippen molar-refractivity contribution in [3.8, 4) is 85.1 Å². The Balaban J connectivity index is 1.22. The Morgan fingerprint density at radius 3 is 1.31 bits per heavy atom. The molecule has 0 fully saturated rings. The first-order chi connectivity index (χ1) is 32.3. The third kappa shape index (κ3) is 6.70. The summed E-state index contributed by atoms with van der Waals surface area (Å²) in [4.78, 5) is 30.3. The lowest BCUT2D eigenvalue weighted by Crippen LogP contribution is -2.05. The van der Waals surface area contributed by atoms with Gasteiger partial charge in [-0.2, -0.15) is 0 Å². The largest absolute Gasteiger partial charge is 0.309 e. The van der Waals surface area contributed by atoms with Crippen LogP contribution in [-0.4, -0.2) is 34.5 Å². The van der Waals surface area contributed by atoms with E-state index in [-0.39, 0.29) is 23.0 Å². The molecule has 0 saturated heterocycles. The molecule has 0 unspecified atom stereocenters. The Hall–Kier alpha value is -8.42. The monoisotopic (exact) mass is 786 g/mol. The standard InChI is InChI=1S/C54H35N7/c1-5-19-36(20-6-1)41-27-13-14-30-44(41)53-57-51(39-25-11-4-12-26-39)56-52(60-53)40-33-34-48(61-46-31-17-15-28-42(46)43-29-16-18-32-47(43)61)45(35-40)54-58-49(37-21-7-2-8-22-37)55-50(59-54)38-23-9-3-10-24-38/h1-35H/i2D,7D,8D,21D,22D. The van der Waals surface area contributed by atoms with Gasteiger partial charge in [-0.25, -0.2) is 29.9 Å². The molecule has 11 rings (SSSR count). The van der Waals surface area contributed by atoms with Crippen molar-refractivity contribution in [3.05, 3.63) is 212 Å². The highest BCUT2D eigenvalue weighted by Crippen LogP contribution is 2.39. The van der Waals surface area contributed by atoms with E-state index in [1.54, 1.807) is 0 Å². The summed E-state index contributed by atoms with van der Waals surface area (Å²) in [6.07, 6.45) is 0. The average Bonchev–Trinajstić information content (AvgIpc) is 3.72. The molecule has 0 N–H and O–H groups in total. The second-order valence-electron chi connectivity index (χ2n) is 14.4. The third-order valence-corrected chi connectivity index (χ3v) is 10.6. The maximum absolute atomic E-state index is 8.96. The number of fused-ring (bicyclic) bond motifs is 3. The zero-order chi connectivity index (χ0) is 44.9. The van der Waals surface area contributed by atoms with Crippen LogP contribution in [0.5, 0.6) is 0 Å². The number of benzene rings is 8. The summed E-state index contributed by atoms with van der Waals surface area (Å²) in [5.74, 6) is 1.77. The first-order valence-electron chi connectivity index (χ1n) is 22.3. The molecule has 3 aromatic heterocycles. The van der Waals surface area contributed by atoms with Crippen LogP contribution in [0.3, 0.4) is 0 Å². The van der Waals surface area contributed by atoms with Crippen molar-refractivity contribution in [1.29, 1.82) is 0 Å². The van der Waals surface area contributed by atoms with Crippen molar-refractivity contribution in [2.45, 2.75) is 0 Å². The zero-order valence-corrected chi connectivity index (χ0v) is 32.5. The van der Waals surface area contributed by atoms with Gasteiger partial charge in [-0.1, -0.05) is 182 Å². The van der Waals surface area contributed by atoms with Crippen LogP contribution in [0.1, 0.15) is 6.85 Å². The van der Waals surface area contributed by atoms with E-state index in [9.17, 15) is 0 Å². The number of aromatic nitrogens is 7. The predicted molar refractivity (Wildman–Crippen MR) is 246 cm³/mol.